The second-order valence-corrected chi connectivity index (χ2v) is 7.11. The number of esters is 1. The van der Waals surface area contributed by atoms with Crippen LogP contribution in [0.15, 0.2) is 48.5 Å². The van der Waals surface area contributed by atoms with E-state index in [2.05, 4.69) is 5.32 Å². The fourth-order valence-electron chi connectivity index (χ4n) is 3.05. The zero-order chi connectivity index (χ0) is 20.5. The van der Waals surface area contributed by atoms with E-state index >= 15 is 0 Å². The van der Waals surface area contributed by atoms with Crippen molar-refractivity contribution in [3.63, 3.8) is 0 Å². The molecule has 146 valence electrons. The van der Waals surface area contributed by atoms with Gasteiger partial charge in [0.25, 0.3) is 5.91 Å². The van der Waals surface area contributed by atoms with Crippen LogP contribution in [0.3, 0.4) is 0 Å². The maximum absolute atomic E-state index is 13.1. The van der Waals surface area contributed by atoms with Gasteiger partial charge in [-0.3, -0.25) is 14.5 Å². The second kappa shape index (κ2) is 7.44. The van der Waals surface area contributed by atoms with Gasteiger partial charge in [-0.2, -0.15) is 0 Å². The molecule has 1 aliphatic rings. The van der Waals surface area contributed by atoms with Crippen LogP contribution < -0.4 is 10.2 Å². The van der Waals surface area contributed by atoms with E-state index in [0.29, 0.717) is 16.9 Å². The van der Waals surface area contributed by atoms with Gasteiger partial charge in [0.15, 0.2) is 6.10 Å². The highest BCUT2D eigenvalue weighted by molar-refractivity contribution is 6.15. The minimum atomic E-state index is -1.14. The molecule has 0 fully saturated rings. The minimum absolute atomic E-state index is 0.129. The number of nitrogens with one attached hydrogen (secondary N) is 1. The Kier molecular flexibility index (Phi) is 5.20. The van der Waals surface area contributed by atoms with Crippen molar-refractivity contribution in [3.05, 3.63) is 59.7 Å². The molecule has 0 bridgehead atoms. The van der Waals surface area contributed by atoms with Crippen LogP contribution in [0, 0.1) is 0 Å². The number of anilines is 2. The highest BCUT2D eigenvalue weighted by Crippen LogP contribution is 2.37. The van der Waals surface area contributed by atoms with Crippen LogP contribution in [0.2, 0.25) is 0 Å². The molecule has 1 heterocycles. The van der Waals surface area contributed by atoms with Crippen molar-refractivity contribution in [3.8, 4) is 0 Å². The summed E-state index contributed by atoms with van der Waals surface area (Å²) in [5.74, 6) is -1.47. The van der Waals surface area contributed by atoms with Crippen LogP contribution in [0.1, 0.15) is 36.7 Å². The highest BCUT2D eigenvalue weighted by Gasteiger charge is 2.45. The average Bonchev–Trinajstić information content (AvgIpc) is 2.68. The second-order valence-electron chi connectivity index (χ2n) is 7.11. The van der Waals surface area contributed by atoms with Crippen molar-refractivity contribution >= 4 is 29.2 Å². The van der Waals surface area contributed by atoms with E-state index in [1.165, 1.54) is 24.0 Å². The Labute approximate surface area is 162 Å². The topological polar surface area (TPSA) is 95.9 Å². The number of rotatable bonds is 4. The molecule has 2 amide bonds. The van der Waals surface area contributed by atoms with Crippen molar-refractivity contribution in [1.29, 1.82) is 0 Å². The number of para-hydroxylation sites is 2. The summed E-state index contributed by atoms with van der Waals surface area (Å²) in [7, 11) is 0. The number of carbonyl (C=O) groups is 3. The van der Waals surface area contributed by atoms with Crippen molar-refractivity contribution in [1.82, 2.24) is 0 Å². The van der Waals surface area contributed by atoms with Crippen molar-refractivity contribution in [2.45, 2.75) is 39.0 Å². The third-order valence-electron chi connectivity index (χ3n) is 4.73. The molecular formula is C21H22N2O5. The zero-order valence-electron chi connectivity index (χ0n) is 15.9. The number of nitrogens with zero attached hydrogens (tertiary/aromatic N) is 1. The Morgan fingerprint density at radius 1 is 1.14 bits per heavy atom. The normalized spacial score (nSPS) is 16.0. The summed E-state index contributed by atoms with van der Waals surface area (Å²) < 4.78 is 5.34. The molecule has 0 saturated carbocycles. The average molecular weight is 382 g/mol. The van der Waals surface area contributed by atoms with E-state index in [0.717, 1.165) is 0 Å². The van der Waals surface area contributed by atoms with Crippen LogP contribution in [-0.4, -0.2) is 34.5 Å². The number of amides is 2. The summed E-state index contributed by atoms with van der Waals surface area (Å²) in [4.78, 5) is 39.4. The van der Waals surface area contributed by atoms with E-state index in [4.69, 9.17) is 9.84 Å². The molecule has 0 spiro atoms. The lowest BCUT2D eigenvalue weighted by Crippen LogP contribution is -2.60. The van der Waals surface area contributed by atoms with Crippen molar-refractivity contribution < 1.29 is 24.2 Å². The summed E-state index contributed by atoms with van der Waals surface area (Å²) in [6.07, 6.45) is -1.09. The first-order chi connectivity index (χ1) is 13.3. The first kappa shape index (κ1) is 19.6. The van der Waals surface area contributed by atoms with Crippen LogP contribution in [-0.2, 0) is 20.9 Å². The number of benzene rings is 2. The van der Waals surface area contributed by atoms with Gasteiger partial charge < -0.3 is 15.2 Å². The molecule has 0 saturated heterocycles. The number of hydrogen-bond donors (Lipinski definition) is 2. The number of hydrogen-bond acceptors (Lipinski definition) is 5. The number of aliphatic hydroxyl groups excluding tert-OH is 1. The number of carbonyl (C=O) groups excluding carboxylic acids is 3. The zero-order valence-corrected chi connectivity index (χ0v) is 15.9. The van der Waals surface area contributed by atoms with Gasteiger partial charge in [-0.15, -0.1) is 0 Å². The van der Waals surface area contributed by atoms with Gasteiger partial charge in [-0.05, 0) is 50.6 Å². The standard InChI is InChI=1S/C21H22N2O5/c1-13(28-19(26)15-10-8-14(12-24)9-11-15)18(25)23-17-7-5-4-6-16(17)22-20(27)21(23,2)3/h4-11,13,24H,12H2,1-3H3,(H,22,27)/t13-/m1/s1. The van der Waals surface area contributed by atoms with Gasteiger partial charge in [-0.25, -0.2) is 4.79 Å². The molecule has 0 aliphatic carbocycles. The first-order valence-corrected chi connectivity index (χ1v) is 8.91. The fourth-order valence-corrected chi connectivity index (χ4v) is 3.05. The molecule has 1 atom stereocenters. The molecule has 28 heavy (non-hydrogen) atoms. The Bertz CT molecular complexity index is 921. The molecule has 2 aromatic rings. The maximum atomic E-state index is 13.1. The number of aliphatic hydroxyl groups is 1. The van der Waals surface area contributed by atoms with E-state index < -0.39 is 23.5 Å². The number of ether oxygens (including phenoxy) is 1. The Balaban J connectivity index is 1.83. The smallest absolute Gasteiger partial charge is 0.338 e. The molecule has 7 heteroatoms. The summed E-state index contributed by atoms with van der Waals surface area (Å²) in [5, 5.41) is 11.9. The quantitative estimate of drug-likeness (QED) is 0.792. The van der Waals surface area contributed by atoms with E-state index in [-0.39, 0.29) is 18.1 Å². The largest absolute Gasteiger partial charge is 0.449 e. The van der Waals surface area contributed by atoms with E-state index in [1.54, 1.807) is 50.2 Å². The van der Waals surface area contributed by atoms with Crippen molar-refractivity contribution in [2.75, 3.05) is 10.2 Å². The monoisotopic (exact) mass is 382 g/mol. The predicted octanol–water partition coefficient (Wildman–Crippen LogP) is 2.49. The van der Waals surface area contributed by atoms with Gasteiger partial charge in [0.2, 0.25) is 5.91 Å². The van der Waals surface area contributed by atoms with Gasteiger partial charge >= 0.3 is 5.97 Å². The molecular weight excluding hydrogens is 360 g/mol. The van der Waals surface area contributed by atoms with Crippen molar-refractivity contribution in [2.24, 2.45) is 0 Å². The fraction of sp³-hybridized carbons (Fsp3) is 0.286. The molecule has 7 nitrogen and oxygen atoms in total. The van der Waals surface area contributed by atoms with E-state index in [9.17, 15) is 14.4 Å². The lowest BCUT2D eigenvalue weighted by molar-refractivity contribution is -0.131. The van der Waals surface area contributed by atoms with Crippen LogP contribution >= 0.6 is 0 Å². The summed E-state index contributed by atoms with van der Waals surface area (Å²) in [5.41, 5.74) is 0.867. The SMILES string of the molecule is C[C@@H](OC(=O)c1ccc(CO)cc1)C(=O)N1c2ccccc2NC(=O)C1(C)C. The summed E-state index contributed by atoms with van der Waals surface area (Å²) >= 11 is 0. The number of fused-ring (bicyclic) bond motifs is 1. The third-order valence-corrected chi connectivity index (χ3v) is 4.73. The summed E-state index contributed by atoms with van der Waals surface area (Å²) in [6, 6.07) is 13.2. The lowest BCUT2D eigenvalue weighted by Gasteiger charge is -2.42. The lowest BCUT2D eigenvalue weighted by atomic mass is 9.95. The highest BCUT2D eigenvalue weighted by atomic mass is 16.5. The summed E-state index contributed by atoms with van der Waals surface area (Å²) in [6.45, 7) is 4.62. The minimum Gasteiger partial charge on any atom is -0.449 e. The Hall–Kier alpha value is -3.19. The van der Waals surface area contributed by atoms with Crippen LogP contribution in [0.4, 0.5) is 11.4 Å². The molecule has 3 rings (SSSR count). The molecule has 0 radical (unpaired) electrons. The Morgan fingerprint density at radius 3 is 2.43 bits per heavy atom. The first-order valence-electron chi connectivity index (χ1n) is 8.91. The molecule has 0 aromatic heterocycles. The molecule has 2 aromatic carbocycles. The van der Waals surface area contributed by atoms with Gasteiger partial charge in [0.05, 0.1) is 23.5 Å². The van der Waals surface area contributed by atoms with Crippen LogP contribution in [0.25, 0.3) is 0 Å². The predicted molar refractivity (Wildman–Crippen MR) is 104 cm³/mol. The maximum Gasteiger partial charge on any atom is 0.338 e. The van der Waals surface area contributed by atoms with Gasteiger partial charge in [0.1, 0.15) is 5.54 Å². The van der Waals surface area contributed by atoms with E-state index in [1.807, 2.05) is 0 Å². The molecule has 0 unspecified atom stereocenters. The molecule has 1 aliphatic heterocycles. The third kappa shape index (κ3) is 3.48. The molecule has 2 N–H and O–H groups in total. The Morgan fingerprint density at radius 2 is 1.79 bits per heavy atom. The van der Waals surface area contributed by atoms with Gasteiger partial charge in [-0.1, -0.05) is 24.3 Å². The van der Waals surface area contributed by atoms with Crippen LogP contribution in [0.5, 0.6) is 0 Å². The van der Waals surface area contributed by atoms with Gasteiger partial charge in [0, 0.05) is 0 Å².